The molecule has 0 bridgehead atoms. The van der Waals surface area contributed by atoms with Crippen molar-refractivity contribution in [2.75, 3.05) is 20.3 Å². The molecule has 3 saturated heterocycles. The van der Waals surface area contributed by atoms with Crippen molar-refractivity contribution in [3.05, 3.63) is 41.2 Å². The first-order valence-electron chi connectivity index (χ1n) is 17.1. The molecule has 16 atom stereocenters. The van der Waals surface area contributed by atoms with Crippen LogP contribution in [-0.2, 0) is 23.7 Å². The fraction of sp³-hybridized carbons (Fsp3) is 0.588. The molecule has 4 aliphatic heterocycles. The van der Waals surface area contributed by atoms with E-state index in [1.807, 2.05) is 0 Å². The summed E-state index contributed by atoms with van der Waals surface area (Å²) in [5.74, 6) is -2.22. The number of methoxy groups -OCH3 is 1. The molecule has 0 amide bonds. The molecule has 0 aliphatic carbocycles. The van der Waals surface area contributed by atoms with E-state index < -0.39 is 129 Å². The molecule has 0 spiro atoms. The zero-order chi connectivity index (χ0) is 40.0. The predicted octanol–water partition coefficient (Wildman–Crippen LogP) is -4.00. The molecule has 14 N–H and O–H groups in total. The van der Waals surface area contributed by atoms with Crippen LogP contribution in [0.4, 0.5) is 0 Å². The Morgan fingerprint density at radius 2 is 1.25 bits per heavy atom. The highest BCUT2D eigenvalue weighted by Gasteiger charge is 2.49. The van der Waals surface area contributed by atoms with Crippen LogP contribution < -0.4 is 9.47 Å². The largest absolute Gasteiger partial charge is 0.571 e. The lowest BCUT2D eigenvalue weighted by Crippen LogP contribution is -2.61. The summed E-state index contributed by atoms with van der Waals surface area (Å²) in [5, 5.41) is 135. The van der Waals surface area contributed by atoms with Gasteiger partial charge in [-0.05, 0) is 19.1 Å². The molecule has 16 unspecified atom stereocenters. The van der Waals surface area contributed by atoms with Crippen molar-refractivity contribution >= 4 is 6.08 Å². The van der Waals surface area contributed by atoms with Crippen LogP contribution in [0.2, 0.25) is 0 Å². The number of ether oxygens (including phenoxy) is 8. The summed E-state index contributed by atoms with van der Waals surface area (Å²) in [7, 11) is 1.22. The smallest absolute Gasteiger partial charge is 0.270 e. The van der Waals surface area contributed by atoms with Gasteiger partial charge in [-0.2, -0.15) is 0 Å². The van der Waals surface area contributed by atoms with Gasteiger partial charge in [-0.25, -0.2) is 0 Å². The summed E-state index contributed by atoms with van der Waals surface area (Å²) in [6.07, 6.45) is -24.5. The molecule has 2 aromatic carbocycles. The quantitative estimate of drug-likeness (QED) is 0.0805. The molecule has 4 aliphatic rings. The van der Waals surface area contributed by atoms with Gasteiger partial charge in [-0.3, -0.25) is 0 Å². The van der Waals surface area contributed by atoms with Crippen molar-refractivity contribution in [1.82, 2.24) is 0 Å². The van der Waals surface area contributed by atoms with E-state index in [9.17, 15) is 66.4 Å². The zero-order valence-electron chi connectivity index (χ0n) is 29.2. The summed E-state index contributed by atoms with van der Waals surface area (Å²) in [4.78, 5) is 0. The Kier molecular flexibility index (Phi) is 12.2. The third-order valence-corrected chi connectivity index (χ3v) is 9.79. The molecule has 0 aromatic heterocycles. The topological polar surface area (TPSA) is 340 Å². The average molecular weight is 790 g/mol. The number of rotatable bonds is 10. The number of phenolic OH excluding ortho intramolecular Hbond substituents is 3. The number of benzene rings is 2. The van der Waals surface area contributed by atoms with Crippen LogP contribution in [-0.4, -0.2) is 184 Å². The van der Waals surface area contributed by atoms with E-state index in [1.165, 1.54) is 32.2 Å². The second-order valence-corrected chi connectivity index (χ2v) is 13.5. The van der Waals surface area contributed by atoms with Crippen LogP contribution >= 0.6 is 0 Å². The third-order valence-electron chi connectivity index (χ3n) is 9.79. The number of hydrogen-bond acceptors (Lipinski definition) is 20. The SMILES string of the molecule is COc1cc(C2[OH+]c3cc(O)cc(OC4OC(CO)C(O)C(O)C4O)c3C=C2OC2OC(COC3OC(C)C(O)C(O)C3O)C(O)C(O)C2O)cc(O)c1O. The van der Waals surface area contributed by atoms with E-state index in [0.29, 0.717) is 0 Å². The van der Waals surface area contributed by atoms with Gasteiger partial charge in [-0.1, -0.05) is 0 Å². The van der Waals surface area contributed by atoms with Crippen molar-refractivity contribution in [1.29, 1.82) is 0 Å². The van der Waals surface area contributed by atoms with Crippen molar-refractivity contribution in [3.63, 3.8) is 0 Å². The van der Waals surface area contributed by atoms with E-state index in [0.717, 1.165) is 12.1 Å². The highest BCUT2D eigenvalue weighted by Crippen LogP contribution is 2.48. The molecule has 0 radical (unpaired) electrons. The maximum Gasteiger partial charge on any atom is 0.270 e. The second-order valence-electron chi connectivity index (χ2n) is 13.5. The lowest BCUT2D eigenvalue weighted by Gasteiger charge is -2.42. The number of hydrogen-bond donors (Lipinski definition) is 13. The van der Waals surface area contributed by atoms with Gasteiger partial charge in [0, 0.05) is 12.1 Å². The Balaban J connectivity index is 1.33. The number of aliphatic hydroxyl groups excluding tert-OH is 10. The van der Waals surface area contributed by atoms with Gasteiger partial charge in [-0.15, -0.1) is 0 Å². The van der Waals surface area contributed by atoms with Gasteiger partial charge >= 0.3 is 0 Å². The van der Waals surface area contributed by atoms with Gasteiger partial charge in [0.15, 0.2) is 23.5 Å². The normalized spacial score (nSPS) is 39.0. The molecule has 21 heteroatoms. The summed E-state index contributed by atoms with van der Waals surface area (Å²) < 4.78 is 44.0. The maximum absolute atomic E-state index is 11.0. The Morgan fingerprint density at radius 1 is 0.655 bits per heavy atom. The molecule has 306 valence electrons. The monoisotopic (exact) mass is 789 g/mol. The number of phenols is 3. The van der Waals surface area contributed by atoms with Gasteiger partial charge in [0.2, 0.25) is 18.3 Å². The van der Waals surface area contributed by atoms with E-state index in [1.54, 1.807) is 0 Å². The Morgan fingerprint density at radius 3 is 1.91 bits per heavy atom. The van der Waals surface area contributed by atoms with Gasteiger partial charge < -0.3 is 104 Å². The lowest BCUT2D eigenvalue weighted by atomic mass is 9.98. The summed E-state index contributed by atoms with van der Waals surface area (Å²) in [6, 6.07) is 4.73. The van der Waals surface area contributed by atoms with E-state index in [-0.39, 0.29) is 34.1 Å². The molecule has 0 saturated carbocycles. The van der Waals surface area contributed by atoms with Gasteiger partial charge in [0.1, 0.15) is 84.2 Å². The van der Waals surface area contributed by atoms with E-state index in [2.05, 4.69) is 4.74 Å². The number of fused-ring (bicyclic) bond motifs is 1. The highest BCUT2D eigenvalue weighted by atomic mass is 16.7. The summed E-state index contributed by atoms with van der Waals surface area (Å²) in [5.41, 5.74) is 0.160. The number of aliphatic hydroxyl groups is 11. The minimum atomic E-state index is -1.94. The molecule has 55 heavy (non-hydrogen) atoms. The second kappa shape index (κ2) is 16.4. The van der Waals surface area contributed by atoms with E-state index >= 15 is 0 Å². The molecular weight excluding hydrogens is 744 g/mol. The molecule has 2 aromatic rings. The van der Waals surface area contributed by atoms with Crippen LogP contribution in [0.3, 0.4) is 0 Å². The summed E-state index contributed by atoms with van der Waals surface area (Å²) >= 11 is 0. The van der Waals surface area contributed by atoms with Crippen LogP contribution in [0.1, 0.15) is 24.2 Å². The fourth-order valence-electron chi connectivity index (χ4n) is 6.55. The minimum Gasteiger partial charge on any atom is -0.571 e. The van der Waals surface area contributed by atoms with Crippen molar-refractivity contribution in [3.8, 4) is 34.5 Å². The third kappa shape index (κ3) is 7.95. The molecule has 6 rings (SSSR count). The van der Waals surface area contributed by atoms with E-state index in [4.69, 9.17) is 33.2 Å². The van der Waals surface area contributed by atoms with Crippen LogP contribution in [0.25, 0.3) is 6.08 Å². The van der Waals surface area contributed by atoms with Crippen LogP contribution in [0.15, 0.2) is 30.0 Å². The van der Waals surface area contributed by atoms with Crippen molar-refractivity contribution in [2.45, 2.75) is 105 Å². The Hall–Kier alpha value is -3.78. The molecule has 3 fully saturated rings. The first-order valence-corrected chi connectivity index (χ1v) is 17.1. The first kappa shape index (κ1) is 40.9. The summed E-state index contributed by atoms with van der Waals surface area (Å²) in [6.45, 7) is 0.0709. The standard InChI is InChI=1S/C34H44O21/c1-10-21(38)25(42)28(45)32(50-10)49-9-20-24(41)27(44)30(47)34(55-20)53-18-7-13-15(51-31(18)11-3-14(37)22(39)17(4-11)48-2)5-12(36)6-16(13)52-33-29(46)26(43)23(40)19(8-35)54-33/h3-7,10,19-21,23-47H,8-9H2,1-2H3/p+1. The Bertz CT molecular complexity index is 1690. The molecule has 4 heterocycles. The zero-order valence-corrected chi connectivity index (χ0v) is 29.2. The van der Waals surface area contributed by atoms with Gasteiger partial charge in [0.05, 0.1) is 38.1 Å². The maximum atomic E-state index is 11.0. The first-order chi connectivity index (χ1) is 26.0. The molecule has 21 nitrogen and oxygen atoms in total. The minimum absolute atomic E-state index is 0.0166. The molecular formula is C34H45O21+. The van der Waals surface area contributed by atoms with Gasteiger partial charge in [0.25, 0.3) is 11.9 Å². The van der Waals surface area contributed by atoms with Crippen LogP contribution in [0, 0.1) is 0 Å². The highest BCUT2D eigenvalue weighted by molar-refractivity contribution is 5.70. The van der Waals surface area contributed by atoms with Crippen LogP contribution in [0.5, 0.6) is 34.5 Å². The van der Waals surface area contributed by atoms with Crippen molar-refractivity contribution < 1.29 is 104 Å². The van der Waals surface area contributed by atoms with Crippen molar-refractivity contribution in [2.24, 2.45) is 0 Å². The number of aromatic hydroxyl groups is 4. The predicted molar refractivity (Wildman–Crippen MR) is 177 cm³/mol. The average Bonchev–Trinajstić information content (AvgIpc) is 3.16. The lowest BCUT2D eigenvalue weighted by molar-refractivity contribution is -0.325. The fourth-order valence-corrected chi connectivity index (χ4v) is 6.55. The Labute approximate surface area is 311 Å².